The van der Waals surface area contributed by atoms with Crippen LogP contribution in [0.15, 0.2) is 16.7 Å². The predicted octanol–water partition coefficient (Wildman–Crippen LogP) is 2.51. The molecule has 2 N–H and O–H groups in total. The number of likely N-dealkylation sites (tertiary alicyclic amines) is 1. The van der Waals surface area contributed by atoms with Gasteiger partial charge in [-0.2, -0.15) is 0 Å². The maximum atomic E-state index is 12.7. The number of anilines is 1. The smallest absolute Gasteiger partial charge is 0.257 e. The molecule has 1 aromatic heterocycles. The van der Waals surface area contributed by atoms with E-state index in [-0.39, 0.29) is 17.9 Å². The number of pyridine rings is 1. The summed E-state index contributed by atoms with van der Waals surface area (Å²) in [6.07, 6.45) is 3.14. The predicted molar refractivity (Wildman–Crippen MR) is 86.4 cm³/mol. The number of aromatic nitrogens is 1. The van der Waals surface area contributed by atoms with Crippen molar-refractivity contribution in [1.82, 2.24) is 9.88 Å². The topological polar surface area (TPSA) is 65.5 Å². The van der Waals surface area contributed by atoms with Gasteiger partial charge < -0.3 is 15.3 Å². The van der Waals surface area contributed by atoms with E-state index in [0.29, 0.717) is 24.5 Å². The highest BCUT2D eigenvalue weighted by molar-refractivity contribution is 9.10. The summed E-state index contributed by atoms with van der Waals surface area (Å²) < 4.78 is 0.791. The van der Waals surface area contributed by atoms with E-state index in [1.165, 1.54) is 0 Å². The third-order valence-electron chi connectivity index (χ3n) is 3.82. The lowest BCUT2D eigenvalue weighted by Gasteiger charge is -2.19. The molecular weight excluding hydrogens is 334 g/mol. The zero-order chi connectivity index (χ0) is 15.4. The molecule has 0 bridgehead atoms. The van der Waals surface area contributed by atoms with Gasteiger partial charge >= 0.3 is 0 Å². The lowest BCUT2D eigenvalue weighted by molar-refractivity contribution is 0.0763. The van der Waals surface area contributed by atoms with Crippen molar-refractivity contribution >= 4 is 27.7 Å². The van der Waals surface area contributed by atoms with Gasteiger partial charge in [0.1, 0.15) is 5.82 Å². The highest BCUT2D eigenvalue weighted by atomic mass is 79.9. The van der Waals surface area contributed by atoms with Crippen molar-refractivity contribution in [1.29, 1.82) is 0 Å². The number of nitrogens with one attached hydrogen (secondary N) is 1. The summed E-state index contributed by atoms with van der Waals surface area (Å²) in [7, 11) is 0. The van der Waals surface area contributed by atoms with E-state index in [4.69, 9.17) is 0 Å². The van der Waals surface area contributed by atoms with Crippen LogP contribution < -0.4 is 5.32 Å². The Morgan fingerprint density at radius 2 is 2.43 bits per heavy atom. The van der Waals surface area contributed by atoms with E-state index in [1.54, 1.807) is 18.0 Å². The molecule has 1 fully saturated rings. The van der Waals surface area contributed by atoms with E-state index < -0.39 is 0 Å². The van der Waals surface area contributed by atoms with Crippen LogP contribution in [0, 0.1) is 5.92 Å². The van der Waals surface area contributed by atoms with Gasteiger partial charge in [0.25, 0.3) is 5.91 Å². The molecule has 0 spiro atoms. The number of halogens is 1. The van der Waals surface area contributed by atoms with Gasteiger partial charge in [0.2, 0.25) is 0 Å². The number of rotatable bonds is 5. The zero-order valence-corrected chi connectivity index (χ0v) is 14.1. The third kappa shape index (κ3) is 3.95. The summed E-state index contributed by atoms with van der Waals surface area (Å²) >= 11 is 3.38. The van der Waals surface area contributed by atoms with Crippen molar-refractivity contribution in [3.05, 3.63) is 22.3 Å². The quantitative estimate of drug-likeness (QED) is 0.851. The lowest BCUT2D eigenvalue weighted by Crippen LogP contribution is -2.31. The average molecular weight is 356 g/mol. The molecule has 2 atom stereocenters. The molecule has 0 aliphatic carbocycles. The van der Waals surface area contributed by atoms with Crippen LogP contribution in [-0.2, 0) is 0 Å². The molecule has 1 aromatic rings. The van der Waals surface area contributed by atoms with Crippen molar-refractivity contribution in [2.45, 2.75) is 32.8 Å². The molecule has 1 aliphatic rings. The van der Waals surface area contributed by atoms with Crippen LogP contribution in [0.25, 0.3) is 0 Å². The normalized spacial score (nSPS) is 19.6. The third-order valence-corrected chi connectivity index (χ3v) is 4.25. The Balaban J connectivity index is 2.16. The number of aliphatic hydroxyl groups is 1. The molecule has 116 valence electrons. The van der Waals surface area contributed by atoms with Crippen LogP contribution in [-0.4, -0.2) is 46.6 Å². The first-order valence-corrected chi connectivity index (χ1v) is 8.19. The molecule has 5 nitrogen and oxygen atoms in total. The first kappa shape index (κ1) is 16.2. The summed E-state index contributed by atoms with van der Waals surface area (Å²) in [4.78, 5) is 18.8. The van der Waals surface area contributed by atoms with E-state index in [9.17, 15) is 9.90 Å². The summed E-state index contributed by atoms with van der Waals surface area (Å²) in [5.74, 6) is 0.775. The number of carbonyl (C=O) groups excluding carboxylic acids is 1. The lowest BCUT2D eigenvalue weighted by atomic mass is 10.0. The van der Waals surface area contributed by atoms with Crippen LogP contribution in [0.3, 0.4) is 0 Å². The van der Waals surface area contributed by atoms with Gasteiger partial charge in [0, 0.05) is 36.2 Å². The summed E-state index contributed by atoms with van der Waals surface area (Å²) in [5, 5.41) is 12.9. The van der Waals surface area contributed by atoms with Crippen molar-refractivity contribution in [3.8, 4) is 0 Å². The molecule has 6 heteroatoms. The highest BCUT2D eigenvalue weighted by Crippen LogP contribution is 2.25. The highest BCUT2D eigenvalue weighted by Gasteiger charge is 2.30. The Kier molecular flexibility index (Phi) is 5.58. The Morgan fingerprint density at radius 1 is 1.67 bits per heavy atom. The van der Waals surface area contributed by atoms with Gasteiger partial charge in [-0.05, 0) is 41.8 Å². The molecule has 2 heterocycles. The van der Waals surface area contributed by atoms with Gasteiger partial charge in [0.05, 0.1) is 11.7 Å². The Labute approximate surface area is 133 Å². The number of nitrogens with zero attached hydrogens (tertiary/aromatic N) is 2. The summed E-state index contributed by atoms with van der Waals surface area (Å²) in [6.45, 7) is 5.93. The number of hydrogen-bond donors (Lipinski definition) is 2. The Hall–Kier alpha value is -1.14. The largest absolute Gasteiger partial charge is 0.393 e. The summed E-state index contributed by atoms with van der Waals surface area (Å²) in [5.41, 5.74) is 0.587. The number of aliphatic hydroxyl groups excluding tert-OH is 1. The van der Waals surface area contributed by atoms with E-state index >= 15 is 0 Å². The fraction of sp³-hybridized carbons (Fsp3) is 0.600. The molecule has 0 saturated carbocycles. The fourth-order valence-corrected chi connectivity index (χ4v) is 2.85. The molecule has 21 heavy (non-hydrogen) atoms. The monoisotopic (exact) mass is 355 g/mol. The van der Waals surface area contributed by atoms with Crippen molar-refractivity contribution < 1.29 is 9.90 Å². The Morgan fingerprint density at radius 3 is 3.05 bits per heavy atom. The van der Waals surface area contributed by atoms with Crippen LogP contribution in [0.5, 0.6) is 0 Å². The van der Waals surface area contributed by atoms with Gasteiger partial charge in [-0.25, -0.2) is 4.98 Å². The fourth-order valence-electron chi connectivity index (χ4n) is 2.52. The van der Waals surface area contributed by atoms with Crippen LogP contribution in [0.1, 0.15) is 37.0 Å². The molecule has 0 aromatic carbocycles. The molecule has 1 aliphatic heterocycles. The Bertz CT molecular complexity index is 508. The standard InChI is InChI=1S/C15H22BrN3O2/c1-3-5-17-14-13(7-12(16)8-18-14)15(21)19-6-4-11(9-19)10(2)20/h7-8,10-11,20H,3-6,9H2,1-2H3,(H,17,18). The van der Waals surface area contributed by atoms with Crippen molar-refractivity contribution in [3.63, 3.8) is 0 Å². The molecule has 2 rings (SSSR count). The van der Waals surface area contributed by atoms with Gasteiger partial charge in [-0.3, -0.25) is 4.79 Å². The molecule has 2 unspecified atom stereocenters. The van der Waals surface area contributed by atoms with Crippen molar-refractivity contribution in [2.75, 3.05) is 25.0 Å². The minimum atomic E-state index is -0.374. The molecular formula is C15H22BrN3O2. The maximum Gasteiger partial charge on any atom is 0.257 e. The van der Waals surface area contributed by atoms with Gasteiger partial charge in [-0.1, -0.05) is 6.92 Å². The first-order valence-electron chi connectivity index (χ1n) is 7.39. The van der Waals surface area contributed by atoms with Crippen LogP contribution >= 0.6 is 15.9 Å². The van der Waals surface area contributed by atoms with Crippen LogP contribution in [0.2, 0.25) is 0 Å². The second-order valence-corrected chi connectivity index (χ2v) is 6.43. The SMILES string of the molecule is CCCNc1ncc(Br)cc1C(=O)N1CCC(C(C)O)C1. The zero-order valence-electron chi connectivity index (χ0n) is 12.5. The minimum absolute atomic E-state index is 0.0226. The second-order valence-electron chi connectivity index (χ2n) is 5.52. The van der Waals surface area contributed by atoms with E-state index in [1.807, 2.05) is 6.07 Å². The molecule has 1 saturated heterocycles. The molecule has 0 radical (unpaired) electrons. The number of carbonyl (C=O) groups is 1. The molecule has 1 amide bonds. The van der Waals surface area contributed by atoms with E-state index in [0.717, 1.165) is 23.9 Å². The van der Waals surface area contributed by atoms with Gasteiger partial charge in [0.15, 0.2) is 0 Å². The minimum Gasteiger partial charge on any atom is -0.393 e. The van der Waals surface area contributed by atoms with E-state index in [2.05, 4.69) is 33.2 Å². The van der Waals surface area contributed by atoms with Gasteiger partial charge in [-0.15, -0.1) is 0 Å². The maximum absolute atomic E-state index is 12.7. The first-order chi connectivity index (χ1) is 10.0. The second kappa shape index (κ2) is 7.22. The average Bonchev–Trinajstić information content (AvgIpc) is 2.95. The van der Waals surface area contributed by atoms with Crippen molar-refractivity contribution in [2.24, 2.45) is 5.92 Å². The number of amides is 1. The number of hydrogen-bond acceptors (Lipinski definition) is 4. The summed E-state index contributed by atoms with van der Waals surface area (Å²) in [6, 6.07) is 1.81. The van der Waals surface area contributed by atoms with Crippen LogP contribution in [0.4, 0.5) is 5.82 Å².